The highest BCUT2D eigenvalue weighted by atomic mass is 16.5. The van der Waals surface area contributed by atoms with Crippen molar-refractivity contribution in [1.29, 1.82) is 0 Å². The zero-order valence-corrected chi connectivity index (χ0v) is 17.6. The lowest BCUT2D eigenvalue weighted by atomic mass is 9.94. The fourth-order valence-corrected chi connectivity index (χ4v) is 4.74. The number of hydrogen-bond acceptors (Lipinski definition) is 4. The average Bonchev–Trinajstić information content (AvgIpc) is 3.19. The monoisotopic (exact) mass is 418 g/mol. The van der Waals surface area contributed by atoms with Gasteiger partial charge in [-0.25, -0.2) is 4.98 Å². The van der Waals surface area contributed by atoms with E-state index in [-0.39, 0.29) is 11.8 Å². The molecule has 0 atom stereocenters. The number of carbonyl (C=O) groups is 2. The van der Waals surface area contributed by atoms with Crippen molar-refractivity contribution >= 4 is 28.5 Å². The fraction of sp³-hybridized carbons (Fsp3) is 0.375. The Hall–Kier alpha value is -3.35. The molecule has 2 aromatic carbocycles. The third-order valence-electron chi connectivity index (χ3n) is 6.37. The van der Waals surface area contributed by atoms with Crippen LogP contribution in [0, 0.1) is 0 Å². The quantitative estimate of drug-likeness (QED) is 0.693. The van der Waals surface area contributed by atoms with Crippen LogP contribution in [-0.4, -0.2) is 46.0 Å². The zero-order valence-electron chi connectivity index (χ0n) is 17.6. The number of imidazole rings is 1. The summed E-state index contributed by atoms with van der Waals surface area (Å²) in [5.74, 6) is 0.946. The van der Waals surface area contributed by atoms with Crippen molar-refractivity contribution in [3.63, 3.8) is 0 Å². The molecule has 0 radical (unpaired) electrons. The molecule has 0 saturated heterocycles. The summed E-state index contributed by atoms with van der Waals surface area (Å²) in [6.45, 7) is 1.46. The molecule has 160 valence electrons. The molecule has 7 heteroatoms. The molecule has 31 heavy (non-hydrogen) atoms. The normalized spacial score (nSPS) is 16.9. The molecule has 0 unspecified atom stereocenters. The van der Waals surface area contributed by atoms with Crippen molar-refractivity contribution in [2.45, 2.75) is 44.7 Å². The van der Waals surface area contributed by atoms with E-state index in [0.29, 0.717) is 34.4 Å². The summed E-state index contributed by atoms with van der Waals surface area (Å²) in [4.78, 5) is 32.6. The summed E-state index contributed by atoms with van der Waals surface area (Å²) in [5.41, 5.74) is 2.73. The minimum absolute atomic E-state index is 0.0109. The molecule has 2 amide bonds. The maximum absolute atomic E-state index is 13.2. The van der Waals surface area contributed by atoms with Gasteiger partial charge in [0, 0.05) is 36.4 Å². The number of hydrogen-bond donors (Lipinski definition) is 1. The summed E-state index contributed by atoms with van der Waals surface area (Å²) in [7, 11) is 1.59. The molecular formula is C24H26N4O3. The molecule has 0 bridgehead atoms. The highest BCUT2D eigenvalue weighted by molar-refractivity contribution is 6.06. The van der Waals surface area contributed by atoms with Gasteiger partial charge in [-0.1, -0.05) is 25.3 Å². The van der Waals surface area contributed by atoms with Crippen LogP contribution >= 0.6 is 0 Å². The fourth-order valence-electron chi connectivity index (χ4n) is 4.74. The third kappa shape index (κ3) is 3.65. The standard InChI is InChI=1S/C24H26N4O3/c1-31-19-9-5-6-17(15-19)25-23(29)16-10-11-21-20(14-16)26-22-24(30)27(12-13-28(21)22)18-7-3-2-4-8-18/h5-6,9-11,14-15,18H,2-4,7-8,12-13H2,1H3,(H,25,29). The largest absolute Gasteiger partial charge is 0.497 e. The predicted molar refractivity (Wildman–Crippen MR) is 119 cm³/mol. The summed E-state index contributed by atoms with van der Waals surface area (Å²) >= 11 is 0. The number of nitrogens with zero attached hydrogens (tertiary/aromatic N) is 3. The van der Waals surface area contributed by atoms with Gasteiger partial charge >= 0.3 is 0 Å². The molecule has 2 aliphatic rings. The van der Waals surface area contributed by atoms with Gasteiger partial charge in [-0.05, 0) is 43.2 Å². The lowest BCUT2D eigenvalue weighted by molar-refractivity contribution is 0.0566. The Morgan fingerprint density at radius 3 is 2.74 bits per heavy atom. The first kappa shape index (κ1) is 19.6. The Labute approximate surface area is 181 Å². The Bertz CT molecular complexity index is 1150. The number of benzene rings is 2. The zero-order chi connectivity index (χ0) is 21.4. The van der Waals surface area contributed by atoms with Gasteiger partial charge in [-0.15, -0.1) is 0 Å². The van der Waals surface area contributed by atoms with E-state index in [1.54, 1.807) is 25.3 Å². The summed E-state index contributed by atoms with van der Waals surface area (Å²) in [6, 6.07) is 13.0. The van der Waals surface area contributed by atoms with Crippen LogP contribution in [0.25, 0.3) is 11.0 Å². The number of anilines is 1. The van der Waals surface area contributed by atoms with Crippen LogP contribution in [0.2, 0.25) is 0 Å². The molecule has 1 fully saturated rings. The molecule has 2 heterocycles. The van der Waals surface area contributed by atoms with Gasteiger partial charge in [0.15, 0.2) is 5.82 Å². The molecule has 1 aromatic heterocycles. The second kappa shape index (κ2) is 8.06. The minimum atomic E-state index is -0.226. The second-order valence-corrected chi connectivity index (χ2v) is 8.27. The molecule has 1 N–H and O–H groups in total. The highest BCUT2D eigenvalue weighted by Gasteiger charge is 2.33. The van der Waals surface area contributed by atoms with Crippen LogP contribution in [0.5, 0.6) is 5.75 Å². The Balaban J connectivity index is 1.40. The van der Waals surface area contributed by atoms with Gasteiger partial charge in [-0.2, -0.15) is 0 Å². The Morgan fingerprint density at radius 1 is 1.10 bits per heavy atom. The maximum atomic E-state index is 13.2. The van der Waals surface area contributed by atoms with Crippen molar-refractivity contribution < 1.29 is 14.3 Å². The second-order valence-electron chi connectivity index (χ2n) is 8.27. The van der Waals surface area contributed by atoms with Gasteiger partial charge in [0.05, 0.1) is 18.1 Å². The summed E-state index contributed by atoms with van der Waals surface area (Å²) in [5, 5.41) is 2.89. The van der Waals surface area contributed by atoms with Crippen molar-refractivity contribution in [3.8, 4) is 5.75 Å². The average molecular weight is 418 g/mol. The molecule has 1 saturated carbocycles. The van der Waals surface area contributed by atoms with Crippen LogP contribution in [-0.2, 0) is 6.54 Å². The molecular weight excluding hydrogens is 392 g/mol. The molecule has 7 nitrogen and oxygen atoms in total. The highest BCUT2D eigenvalue weighted by Crippen LogP contribution is 2.28. The predicted octanol–water partition coefficient (Wildman–Crippen LogP) is 4.09. The van der Waals surface area contributed by atoms with Crippen LogP contribution < -0.4 is 10.1 Å². The van der Waals surface area contributed by atoms with Crippen molar-refractivity contribution in [2.24, 2.45) is 0 Å². The number of rotatable bonds is 4. The first-order chi connectivity index (χ1) is 15.1. The van der Waals surface area contributed by atoms with Crippen LogP contribution in [0.3, 0.4) is 0 Å². The van der Waals surface area contributed by atoms with Gasteiger partial charge < -0.3 is 19.5 Å². The molecule has 1 aliphatic carbocycles. The van der Waals surface area contributed by atoms with E-state index in [2.05, 4.69) is 10.3 Å². The number of aromatic nitrogens is 2. The van der Waals surface area contributed by atoms with Crippen LogP contribution in [0.1, 0.15) is 53.1 Å². The summed E-state index contributed by atoms with van der Waals surface area (Å²) in [6.07, 6.45) is 5.81. The van der Waals surface area contributed by atoms with E-state index in [0.717, 1.165) is 31.4 Å². The van der Waals surface area contributed by atoms with Crippen molar-refractivity contribution in [1.82, 2.24) is 14.5 Å². The van der Waals surface area contributed by atoms with Crippen LogP contribution in [0.15, 0.2) is 42.5 Å². The van der Waals surface area contributed by atoms with Gasteiger partial charge in [0.2, 0.25) is 0 Å². The smallest absolute Gasteiger partial charge is 0.290 e. The minimum Gasteiger partial charge on any atom is -0.497 e. The van der Waals surface area contributed by atoms with Gasteiger partial charge in [-0.3, -0.25) is 9.59 Å². The number of fused-ring (bicyclic) bond motifs is 3. The topological polar surface area (TPSA) is 76.5 Å². The molecule has 5 rings (SSSR count). The molecule has 1 aliphatic heterocycles. The summed E-state index contributed by atoms with van der Waals surface area (Å²) < 4.78 is 7.20. The number of ether oxygens (including phenoxy) is 1. The van der Waals surface area contributed by atoms with E-state index in [9.17, 15) is 9.59 Å². The van der Waals surface area contributed by atoms with Gasteiger partial charge in [0.1, 0.15) is 5.75 Å². The number of amides is 2. The van der Waals surface area contributed by atoms with E-state index >= 15 is 0 Å². The van der Waals surface area contributed by atoms with Crippen molar-refractivity contribution in [2.75, 3.05) is 19.0 Å². The molecule has 3 aromatic rings. The Morgan fingerprint density at radius 2 is 1.94 bits per heavy atom. The number of methoxy groups -OCH3 is 1. The van der Waals surface area contributed by atoms with Crippen molar-refractivity contribution in [3.05, 3.63) is 53.9 Å². The lowest BCUT2D eigenvalue weighted by Gasteiger charge is -2.36. The van der Waals surface area contributed by atoms with Gasteiger partial charge in [0.25, 0.3) is 11.8 Å². The number of nitrogens with one attached hydrogen (secondary N) is 1. The first-order valence-electron chi connectivity index (χ1n) is 10.9. The number of carbonyl (C=O) groups excluding carboxylic acids is 2. The Kier molecular flexibility index (Phi) is 5.10. The third-order valence-corrected chi connectivity index (χ3v) is 6.37. The van der Waals surface area contributed by atoms with Crippen LogP contribution in [0.4, 0.5) is 5.69 Å². The maximum Gasteiger partial charge on any atom is 0.290 e. The first-order valence-corrected chi connectivity index (χ1v) is 10.9. The van der Waals surface area contributed by atoms with E-state index in [1.807, 2.05) is 33.7 Å². The molecule has 0 spiro atoms. The van der Waals surface area contributed by atoms with E-state index in [4.69, 9.17) is 4.74 Å². The SMILES string of the molecule is COc1cccc(NC(=O)c2ccc3c(c2)nc2n3CCN(C3CCCCC3)C2=O)c1. The van der Waals surface area contributed by atoms with E-state index < -0.39 is 0 Å². The van der Waals surface area contributed by atoms with E-state index in [1.165, 1.54) is 19.3 Å². The lowest BCUT2D eigenvalue weighted by Crippen LogP contribution is -2.47.